The molecule has 2 aromatic heterocycles. The van der Waals surface area contributed by atoms with Crippen molar-refractivity contribution < 1.29 is 9.90 Å². The Labute approximate surface area is 186 Å². The van der Waals surface area contributed by atoms with Crippen LogP contribution in [0.4, 0.5) is 5.13 Å². The molecule has 1 aromatic carbocycles. The number of allylic oxidation sites excluding steroid dienone is 2. The molecule has 0 bridgehead atoms. The molecule has 9 heteroatoms. The Kier molecular flexibility index (Phi) is 7.20. The van der Waals surface area contributed by atoms with Crippen LogP contribution in [0.1, 0.15) is 12.5 Å². The van der Waals surface area contributed by atoms with Crippen LogP contribution < -0.4 is 10.6 Å². The molecular formula is C21H18Cl2N4O2S. The van der Waals surface area contributed by atoms with Gasteiger partial charge in [0.15, 0.2) is 6.04 Å². The molecule has 0 radical (unpaired) electrons. The van der Waals surface area contributed by atoms with Crippen LogP contribution in [-0.4, -0.2) is 27.1 Å². The number of nitrogens with zero attached hydrogens (tertiary/aromatic N) is 3. The first-order valence-corrected chi connectivity index (χ1v) is 10.6. The van der Waals surface area contributed by atoms with E-state index in [0.717, 1.165) is 21.7 Å². The highest BCUT2D eigenvalue weighted by molar-refractivity contribution is 7.13. The number of rotatable bonds is 7. The third-order valence-corrected chi connectivity index (χ3v) is 5.72. The Morgan fingerprint density at radius 3 is 2.90 bits per heavy atom. The summed E-state index contributed by atoms with van der Waals surface area (Å²) in [5, 5.41) is 22.2. The molecule has 0 aliphatic heterocycles. The summed E-state index contributed by atoms with van der Waals surface area (Å²) in [5.74, 6) is -1.07. The van der Waals surface area contributed by atoms with Gasteiger partial charge in [0.25, 0.3) is 0 Å². The van der Waals surface area contributed by atoms with E-state index in [4.69, 9.17) is 23.2 Å². The molecule has 1 atom stereocenters. The fourth-order valence-electron chi connectivity index (χ4n) is 2.64. The summed E-state index contributed by atoms with van der Waals surface area (Å²) in [6.07, 6.45) is 7.57. The molecule has 2 N–H and O–H groups in total. The van der Waals surface area contributed by atoms with Gasteiger partial charge < -0.3 is 10.1 Å². The van der Waals surface area contributed by atoms with Crippen molar-refractivity contribution in [3.63, 3.8) is 0 Å². The lowest BCUT2D eigenvalue weighted by molar-refractivity contribution is -0.138. The average molecular weight is 461 g/mol. The zero-order valence-electron chi connectivity index (χ0n) is 16.0. The molecule has 0 spiro atoms. The van der Waals surface area contributed by atoms with Crippen molar-refractivity contribution in [3.8, 4) is 11.3 Å². The second-order valence-corrected chi connectivity index (χ2v) is 7.97. The van der Waals surface area contributed by atoms with Gasteiger partial charge in [0.2, 0.25) is 5.13 Å². The number of carboxylic acids is 1. The fourth-order valence-corrected chi connectivity index (χ4v) is 3.59. The van der Waals surface area contributed by atoms with Gasteiger partial charge in [0.1, 0.15) is 0 Å². The molecule has 154 valence electrons. The van der Waals surface area contributed by atoms with Gasteiger partial charge >= 0.3 is 5.97 Å². The van der Waals surface area contributed by atoms with E-state index in [1.807, 2.05) is 25.2 Å². The molecule has 0 amide bonds. The van der Waals surface area contributed by atoms with E-state index < -0.39 is 12.0 Å². The number of hydrogen-bond donors (Lipinski definition) is 2. The number of aromatic nitrogens is 2. The quantitative estimate of drug-likeness (QED) is 0.486. The van der Waals surface area contributed by atoms with Crippen molar-refractivity contribution in [1.29, 1.82) is 0 Å². The molecule has 3 aromatic rings. The van der Waals surface area contributed by atoms with Crippen molar-refractivity contribution >= 4 is 58.3 Å². The SMILES string of the molecule is C=c1c(CC(N=Nc2nc(-c3ccc(Cl)c(Cl)c3)cs2)C(=O)O)c[nH]/c1=C/C=CC. The fraction of sp³-hybridized carbons (Fsp3) is 0.143. The third-order valence-electron chi connectivity index (χ3n) is 4.26. The highest BCUT2D eigenvalue weighted by Gasteiger charge is 2.19. The van der Waals surface area contributed by atoms with Gasteiger partial charge in [-0.25, -0.2) is 9.78 Å². The Morgan fingerprint density at radius 2 is 2.20 bits per heavy atom. The minimum absolute atomic E-state index is 0.170. The maximum absolute atomic E-state index is 11.7. The maximum atomic E-state index is 11.7. The summed E-state index contributed by atoms with van der Waals surface area (Å²) in [5.41, 5.74) is 2.22. The predicted molar refractivity (Wildman–Crippen MR) is 122 cm³/mol. The Morgan fingerprint density at radius 1 is 1.40 bits per heavy atom. The van der Waals surface area contributed by atoms with E-state index in [9.17, 15) is 9.90 Å². The van der Waals surface area contributed by atoms with E-state index in [1.165, 1.54) is 11.3 Å². The lowest BCUT2D eigenvalue weighted by Gasteiger charge is -2.04. The first kappa shape index (κ1) is 22.0. The van der Waals surface area contributed by atoms with Crippen LogP contribution in [0.2, 0.25) is 10.0 Å². The van der Waals surface area contributed by atoms with Gasteiger partial charge in [0.05, 0.1) is 15.7 Å². The van der Waals surface area contributed by atoms with Gasteiger partial charge in [-0.3, -0.25) is 0 Å². The number of nitrogens with one attached hydrogen (secondary N) is 1. The summed E-state index contributed by atoms with van der Waals surface area (Å²) < 4.78 is 0. The number of aromatic amines is 1. The van der Waals surface area contributed by atoms with E-state index in [0.29, 0.717) is 20.9 Å². The minimum atomic E-state index is -1.07. The molecule has 0 saturated carbocycles. The number of carboxylic acid groups (broad SMARTS) is 1. The zero-order valence-corrected chi connectivity index (χ0v) is 18.3. The lowest BCUT2D eigenvalue weighted by Crippen LogP contribution is -2.27. The molecule has 2 heterocycles. The number of H-pyrrole nitrogens is 1. The number of aliphatic carboxylic acids is 1. The smallest absolute Gasteiger partial charge is 0.330 e. The Balaban J connectivity index is 1.78. The van der Waals surface area contributed by atoms with Gasteiger partial charge in [-0.15, -0.1) is 16.5 Å². The molecule has 3 rings (SSSR count). The molecule has 0 aliphatic rings. The van der Waals surface area contributed by atoms with E-state index >= 15 is 0 Å². The zero-order chi connectivity index (χ0) is 21.7. The summed E-state index contributed by atoms with van der Waals surface area (Å²) in [4.78, 5) is 19.1. The maximum Gasteiger partial charge on any atom is 0.330 e. The molecule has 30 heavy (non-hydrogen) atoms. The van der Waals surface area contributed by atoms with Gasteiger partial charge in [0, 0.05) is 28.9 Å². The highest BCUT2D eigenvalue weighted by Crippen LogP contribution is 2.31. The largest absolute Gasteiger partial charge is 0.480 e. The number of hydrogen-bond acceptors (Lipinski definition) is 5. The van der Waals surface area contributed by atoms with E-state index in [-0.39, 0.29) is 6.42 Å². The topological polar surface area (TPSA) is 90.7 Å². The first-order valence-electron chi connectivity index (χ1n) is 8.92. The van der Waals surface area contributed by atoms with Crippen molar-refractivity contribution in [1.82, 2.24) is 9.97 Å². The first-order chi connectivity index (χ1) is 14.4. The van der Waals surface area contributed by atoms with Crippen LogP contribution in [0, 0.1) is 0 Å². The van der Waals surface area contributed by atoms with Crippen molar-refractivity contribution in [2.75, 3.05) is 0 Å². The predicted octanol–water partition coefficient (Wildman–Crippen LogP) is 4.99. The second kappa shape index (κ2) is 9.84. The molecular weight excluding hydrogens is 443 g/mol. The second-order valence-electron chi connectivity index (χ2n) is 6.32. The van der Waals surface area contributed by atoms with Crippen LogP contribution >= 0.6 is 34.5 Å². The normalized spacial score (nSPS) is 13.5. The highest BCUT2D eigenvalue weighted by atomic mass is 35.5. The molecule has 0 saturated heterocycles. The Bertz CT molecular complexity index is 1230. The van der Waals surface area contributed by atoms with Crippen LogP contribution in [0.15, 0.2) is 52.2 Å². The van der Waals surface area contributed by atoms with Crippen molar-refractivity contribution in [2.45, 2.75) is 19.4 Å². The monoisotopic (exact) mass is 460 g/mol. The van der Waals surface area contributed by atoms with Crippen LogP contribution in [0.25, 0.3) is 23.9 Å². The molecule has 0 fully saturated rings. The lowest BCUT2D eigenvalue weighted by atomic mass is 10.1. The molecule has 0 aliphatic carbocycles. The minimum Gasteiger partial charge on any atom is -0.480 e. The summed E-state index contributed by atoms with van der Waals surface area (Å²) >= 11 is 13.3. The summed E-state index contributed by atoms with van der Waals surface area (Å²) in [7, 11) is 0. The van der Waals surface area contributed by atoms with Gasteiger partial charge in [-0.2, -0.15) is 5.11 Å². The summed E-state index contributed by atoms with van der Waals surface area (Å²) in [6, 6.07) is 4.15. The van der Waals surface area contributed by atoms with E-state index in [2.05, 4.69) is 26.8 Å². The molecule has 6 nitrogen and oxygen atoms in total. The average Bonchev–Trinajstić information content (AvgIpc) is 3.32. The third kappa shape index (κ3) is 5.24. The van der Waals surface area contributed by atoms with Crippen LogP contribution in [0.5, 0.6) is 0 Å². The van der Waals surface area contributed by atoms with E-state index in [1.54, 1.807) is 29.8 Å². The van der Waals surface area contributed by atoms with Crippen LogP contribution in [-0.2, 0) is 11.2 Å². The van der Waals surface area contributed by atoms with Crippen molar-refractivity contribution in [3.05, 3.63) is 68.1 Å². The van der Waals surface area contributed by atoms with Gasteiger partial charge in [-0.05, 0) is 35.9 Å². The molecule has 1 unspecified atom stereocenters. The van der Waals surface area contributed by atoms with Crippen LogP contribution in [0.3, 0.4) is 0 Å². The number of carbonyl (C=O) groups is 1. The standard InChI is InChI=1S/C21H18Cl2N4O2S/c1-3-4-5-17-12(2)14(10-24-17)9-18(20(28)29)26-27-21-25-19(11-30-21)13-6-7-15(22)16(23)8-13/h3-8,10-11,18,24H,2,9H2,1H3,(H,28,29)/b4-3?,17-5+,27-26?. The number of thiazole rings is 1. The number of halogens is 2. The van der Waals surface area contributed by atoms with Gasteiger partial charge in [-0.1, -0.05) is 48.0 Å². The van der Waals surface area contributed by atoms with Crippen molar-refractivity contribution in [2.24, 2.45) is 10.2 Å². The number of benzene rings is 1. The Hall–Kier alpha value is -2.74. The summed E-state index contributed by atoms with van der Waals surface area (Å²) in [6.45, 7) is 5.93. The number of azo groups is 1.